The van der Waals surface area contributed by atoms with Gasteiger partial charge in [-0.25, -0.2) is 14.5 Å². The van der Waals surface area contributed by atoms with E-state index in [4.69, 9.17) is 5.11 Å². The van der Waals surface area contributed by atoms with E-state index in [9.17, 15) is 19.2 Å². The predicted octanol–water partition coefficient (Wildman–Crippen LogP) is -0.559. The molecule has 7 nitrogen and oxygen atoms in total. The third-order valence-corrected chi connectivity index (χ3v) is 1.86. The Balaban J connectivity index is 2.58. The van der Waals surface area contributed by atoms with Crippen LogP contribution in [0.3, 0.4) is 0 Å². The van der Waals surface area contributed by atoms with Gasteiger partial charge in [0.1, 0.15) is 0 Å². The Bertz CT molecular complexity index is 418. The van der Waals surface area contributed by atoms with Gasteiger partial charge in [-0.3, -0.25) is 9.59 Å². The summed E-state index contributed by atoms with van der Waals surface area (Å²) in [5, 5.41) is 8.27. The van der Waals surface area contributed by atoms with Gasteiger partial charge in [-0.1, -0.05) is 0 Å². The number of carbonyl (C=O) groups excluding carboxylic acids is 3. The molecule has 1 heterocycles. The van der Waals surface area contributed by atoms with Crippen LogP contribution in [0.2, 0.25) is 0 Å². The number of rotatable bonds is 4. The summed E-state index contributed by atoms with van der Waals surface area (Å²) < 4.78 is 4.68. The Labute approximate surface area is 96.0 Å². The molecule has 0 fully saturated rings. The van der Waals surface area contributed by atoms with E-state index < -0.39 is 30.0 Å². The molecular weight excluding hydrogens is 230 g/mol. The maximum Gasteiger partial charge on any atom is 0.332 e. The normalized spacial score (nSPS) is 16.6. The first-order valence-corrected chi connectivity index (χ1v) is 4.58. The molecule has 1 unspecified atom stereocenters. The van der Waals surface area contributed by atoms with Crippen LogP contribution in [0.1, 0.15) is 6.92 Å². The molecule has 1 aliphatic rings. The number of ether oxygens (including phenoxy) is 1. The molecule has 0 saturated carbocycles. The molecule has 1 aliphatic heterocycles. The van der Waals surface area contributed by atoms with Gasteiger partial charge in [0.25, 0.3) is 11.8 Å². The zero-order valence-corrected chi connectivity index (χ0v) is 8.82. The number of hydrogen-bond acceptors (Lipinski definition) is 5. The molecule has 0 bridgehead atoms. The van der Waals surface area contributed by atoms with Crippen LogP contribution in [0.15, 0.2) is 24.3 Å². The van der Waals surface area contributed by atoms with Crippen molar-refractivity contribution in [2.45, 2.75) is 13.2 Å². The van der Waals surface area contributed by atoms with Crippen molar-refractivity contribution in [1.29, 1.82) is 0 Å². The maximum atomic E-state index is 11.2. The second-order valence-electron chi connectivity index (χ2n) is 3.09. The van der Waals surface area contributed by atoms with Crippen molar-refractivity contribution in [1.82, 2.24) is 4.90 Å². The molecule has 0 saturated heterocycles. The fraction of sp³-hybridized carbons (Fsp3) is 0.200. The van der Waals surface area contributed by atoms with Crippen LogP contribution < -0.4 is 0 Å². The van der Waals surface area contributed by atoms with Crippen molar-refractivity contribution in [3.8, 4) is 0 Å². The van der Waals surface area contributed by atoms with Crippen molar-refractivity contribution < 1.29 is 29.0 Å². The molecule has 0 aromatic rings. The minimum absolute atomic E-state index is 0.586. The molecule has 0 aromatic heterocycles. The lowest BCUT2D eigenvalue weighted by molar-refractivity contribution is -0.160. The van der Waals surface area contributed by atoms with Gasteiger partial charge in [0.15, 0.2) is 6.23 Å². The minimum atomic E-state index is -1.30. The number of carboxylic acids is 1. The number of amides is 2. The Kier molecular flexibility index (Phi) is 3.76. The average Bonchev–Trinajstić information content (AvgIpc) is 2.55. The lowest BCUT2D eigenvalue weighted by Gasteiger charge is -2.21. The second-order valence-corrected chi connectivity index (χ2v) is 3.09. The third kappa shape index (κ3) is 3.26. The van der Waals surface area contributed by atoms with Gasteiger partial charge < -0.3 is 9.84 Å². The summed E-state index contributed by atoms with van der Waals surface area (Å²) in [6.45, 7) is 1.33. The quantitative estimate of drug-likeness (QED) is 0.401. The fourth-order valence-electron chi connectivity index (χ4n) is 1.17. The summed E-state index contributed by atoms with van der Waals surface area (Å²) in [6, 6.07) is 0. The van der Waals surface area contributed by atoms with E-state index in [1.807, 2.05) is 0 Å². The summed E-state index contributed by atoms with van der Waals surface area (Å²) in [4.78, 5) is 44.3. The van der Waals surface area contributed by atoms with Gasteiger partial charge in [0.2, 0.25) is 0 Å². The SMILES string of the molecule is CC(OC(=O)/C=C/C(=O)O)N1C(=O)C=CC1=O. The summed E-state index contributed by atoms with van der Waals surface area (Å²) in [6.07, 6.45) is 2.31. The first-order chi connectivity index (χ1) is 7.91. The van der Waals surface area contributed by atoms with E-state index in [2.05, 4.69) is 4.74 Å². The topological polar surface area (TPSA) is 101 Å². The lowest BCUT2D eigenvalue weighted by Crippen LogP contribution is -2.40. The smallest absolute Gasteiger partial charge is 0.332 e. The average molecular weight is 239 g/mol. The third-order valence-electron chi connectivity index (χ3n) is 1.86. The maximum absolute atomic E-state index is 11.2. The number of carboxylic acid groups (broad SMARTS) is 1. The van der Waals surface area contributed by atoms with Crippen molar-refractivity contribution in [3.05, 3.63) is 24.3 Å². The molecule has 90 valence electrons. The number of nitrogens with zero attached hydrogens (tertiary/aromatic N) is 1. The van der Waals surface area contributed by atoms with E-state index in [-0.39, 0.29) is 0 Å². The number of aliphatic carboxylic acids is 1. The molecule has 1 atom stereocenters. The van der Waals surface area contributed by atoms with Gasteiger partial charge >= 0.3 is 11.9 Å². The molecule has 0 aliphatic carbocycles. The molecule has 1 rings (SSSR count). The lowest BCUT2D eigenvalue weighted by atomic mass is 10.4. The fourth-order valence-corrected chi connectivity index (χ4v) is 1.17. The second kappa shape index (κ2) is 5.06. The van der Waals surface area contributed by atoms with Crippen molar-refractivity contribution in [3.63, 3.8) is 0 Å². The van der Waals surface area contributed by atoms with Gasteiger partial charge in [-0.15, -0.1) is 0 Å². The zero-order chi connectivity index (χ0) is 13.0. The first kappa shape index (κ1) is 12.6. The van der Waals surface area contributed by atoms with Gasteiger partial charge in [0.05, 0.1) is 0 Å². The van der Waals surface area contributed by atoms with Gasteiger partial charge in [-0.05, 0) is 6.92 Å². The number of imide groups is 1. The van der Waals surface area contributed by atoms with Crippen LogP contribution in [0.4, 0.5) is 0 Å². The number of hydrogen-bond donors (Lipinski definition) is 1. The summed E-state index contributed by atoms with van der Waals surface area (Å²) in [7, 11) is 0. The molecule has 0 radical (unpaired) electrons. The molecule has 0 spiro atoms. The van der Waals surface area contributed by atoms with Crippen LogP contribution in [0.25, 0.3) is 0 Å². The van der Waals surface area contributed by atoms with E-state index in [1.165, 1.54) is 6.92 Å². The van der Waals surface area contributed by atoms with Crippen molar-refractivity contribution >= 4 is 23.8 Å². The van der Waals surface area contributed by atoms with Crippen LogP contribution in [0, 0.1) is 0 Å². The van der Waals surface area contributed by atoms with Crippen LogP contribution in [0.5, 0.6) is 0 Å². The van der Waals surface area contributed by atoms with E-state index in [1.54, 1.807) is 0 Å². The van der Waals surface area contributed by atoms with E-state index >= 15 is 0 Å². The van der Waals surface area contributed by atoms with E-state index in [0.29, 0.717) is 12.2 Å². The molecule has 0 aromatic carbocycles. The summed E-state index contributed by atoms with van der Waals surface area (Å²) in [5.74, 6) is -3.42. The highest BCUT2D eigenvalue weighted by Crippen LogP contribution is 2.10. The predicted molar refractivity (Wildman–Crippen MR) is 53.3 cm³/mol. The van der Waals surface area contributed by atoms with Crippen LogP contribution in [-0.4, -0.2) is 40.0 Å². The largest absolute Gasteiger partial charge is 0.478 e. The molecule has 17 heavy (non-hydrogen) atoms. The summed E-state index contributed by atoms with van der Waals surface area (Å²) >= 11 is 0. The van der Waals surface area contributed by atoms with Gasteiger partial charge in [0, 0.05) is 24.3 Å². The molecule has 1 N–H and O–H groups in total. The Morgan fingerprint density at radius 1 is 1.29 bits per heavy atom. The highest BCUT2D eigenvalue weighted by Gasteiger charge is 2.30. The summed E-state index contributed by atoms with van der Waals surface area (Å²) in [5.41, 5.74) is 0. The molecule has 7 heteroatoms. The van der Waals surface area contributed by atoms with Crippen molar-refractivity contribution in [2.24, 2.45) is 0 Å². The van der Waals surface area contributed by atoms with Crippen molar-refractivity contribution in [2.75, 3.05) is 0 Å². The van der Waals surface area contributed by atoms with E-state index in [0.717, 1.165) is 17.1 Å². The number of esters is 1. The number of carbonyl (C=O) groups is 4. The van der Waals surface area contributed by atoms with Gasteiger partial charge in [-0.2, -0.15) is 0 Å². The van der Waals surface area contributed by atoms with Crippen LogP contribution >= 0.6 is 0 Å². The Morgan fingerprint density at radius 2 is 1.82 bits per heavy atom. The Morgan fingerprint density at radius 3 is 2.29 bits per heavy atom. The molecule has 2 amide bonds. The zero-order valence-electron chi connectivity index (χ0n) is 8.82. The highest BCUT2D eigenvalue weighted by atomic mass is 16.6. The first-order valence-electron chi connectivity index (χ1n) is 4.58. The Hall–Kier alpha value is -2.44. The standard InChI is InChI=1S/C10H9NO6/c1-6(11-7(12)2-3-8(11)13)17-10(16)5-4-9(14)15/h2-6H,1H3,(H,14,15)/b5-4+. The molecular formula is C10H9NO6. The minimum Gasteiger partial charge on any atom is -0.478 e. The monoisotopic (exact) mass is 239 g/mol. The highest BCUT2D eigenvalue weighted by molar-refractivity contribution is 6.13. The van der Waals surface area contributed by atoms with Crippen LogP contribution in [-0.2, 0) is 23.9 Å².